The predicted octanol–water partition coefficient (Wildman–Crippen LogP) is 2.68. The molecule has 0 fully saturated rings. The van der Waals surface area contributed by atoms with Gasteiger partial charge in [0.1, 0.15) is 0 Å². The monoisotopic (exact) mass is 203 g/mol. The summed E-state index contributed by atoms with van der Waals surface area (Å²) in [6, 6.07) is 10.1. The zero-order valence-corrected chi connectivity index (χ0v) is 9.01. The van der Waals surface area contributed by atoms with Crippen LogP contribution in [0.25, 0.3) is 11.3 Å². The fourth-order valence-corrected chi connectivity index (χ4v) is 1.82. The molecule has 0 atom stereocenters. The maximum atomic E-state index is 4.47. The lowest BCUT2D eigenvalue weighted by Gasteiger charge is -2.05. The number of benzene rings is 1. The maximum absolute atomic E-state index is 4.47. The van der Waals surface area contributed by atoms with Crippen LogP contribution in [0.2, 0.25) is 0 Å². The predicted molar refractivity (Wildman–Crippen MR) is 60.7 cm³/mol. The Morgan fingerprint density at radius 1 is 1.21 bits per heavy atom. The van der Waals surface area contributed by atoms with E-state index < -0.39 is 0 Å². The molecule has 0 amide bonds. The second-order valence-electron chi connectivity index (χ2n) is 3.21. The fourth-order valence-electron chi connectivity index (χ4n) is 1.15. The summed E-state index contributed by atoms with van der Waals surface area (Å²) in [6.45, 7) is 0. The van der Waals surface area contributed by atoms with Crippen molar-refractivity contribution in [1.29, 1.82) is 0 Å². The Bertz CT molecular complexity index is 406. The minimum Gasteiger partial charge on any atom is -0.354 e. The summed E-state index contributed by atoms with van der Waals surface area (Å²) in [4.78, 5) is 6.46. The smallest absolute Gasteiger partial charge is 0.185 e. The molecule has 0 aliphatic heterocycles. The lowest BCUT2D eigenvalue weighted by atomic mass is 10.2. The van der Waals surface area contributed by atoms with Crippen LogP contribution >= 0.6 is 11.3 Å². The van der Waals surface area contributed by atoms with Gasteiger partial charge in [-0.25, -0.2) is 4.98 Å². The molecule has 71 valence electrons. The number of thiazole rings is 1. The molecule has 0 unspecified atom stereocenters. The van der Waals surface area contributed by atoms with E-state index in [0.717, 1.165) is 16.4 Å². The first kappa shape index (κ1) is 9.21. The van der Waals surface area contributed by atoms with Gasteiger partial charge in [0.05, 0.1) is 11.1 Å². The van der Waals surface area contributed by atoms with Crippen molar-refractivity contribution in [2.24, 2.45) is 0 Å². The van der Waals surface area contributed by atoms with E-state index in [9.17, 15) is 0 Å². The molecule has 0 N–H and O–H groups in total. The van der Waals surface area contributed by atoms with Gasteiger partial charge in [-0.05, 0) is 0 Å². The largest absolute Gasteiger partial charge is 0.354 e. The lowest BCUT2D eigenvalue weighted by Crippen LogP contribution is -2.07. The molecule has 1 radical (unpaired) electrons. The Hall–Kier alpha value is -1.35. The molecule has 0 spiro atoms. The quantitative estimate of drug-likeness (QED) is 0.746. The molecular formula is C11H11N2S. The summed E-state index contributed by atoms with van der Waals surface area (Å²) < 4.78 is 0. The van der Waals surface area contributed by atoms with E-state index in [4.69, 9.17) is 0 Å². The number of hydrogen-bond donors (Lipinski definition) is 0. The molecule has 1 aromatic heterocycles. The van der Waals surface area contributed by atoms with E-state index in [1.54, 1.807) is 11.3 Å². The van der Waals surface area contributed by atoms with Crippen LogP contribution in [0.1, 0.15) is 0 Å². The minimum atomic E-state index is 0.930. The van der Waals surface area contributed by atoms with Crippen LogP contribution in [-0.2, 0) is 0 Å². The molecule has 0 bridgehead atoms. The normalized spacial score (nSPS) is 10.1. The molecule has 1 aromatic carbocycles. The lowest BCUT2D eigenvalue weighted by molar-refractivity contribution is 1.11. The van der Waals surface area contributed by atoms with Crippen LogP contribution < -0.4 is 4.90 Å². The first-order chi connectivity index (χ1) is 6.77. The van der Waals surface area contributed by atoms with Crippen molar-refractivity contribution in [3.63, 3.8) is 0 Å². The van der Waals surface area contributed by atoms with Gasteiger partial charge in [0.2, 0.25) is 0 Å². The zero-order chi connectivity index (χ0) is 9.97. The van der Waals surface area contributed by atoms with Crippen molar-refractivity contribution in [3.8, 4) is 11.3 Å². The molecule has 2 aromatic rings. The standard InChI is InChI=1S/C11H11N2S/c1-13(2)11-12-10(8-14-11)9-6-4-3-5-7-9/h3-7H,1-2H3. The third-order valence-corrected chi connectivity index (χ3v) is 2.81. The highest BCUT2D eigenvalue weighted by Crippen LogP contribution is 2.24. The summed E-state index contributed by atoms with van der Waals surface area (Å²) in [6.07, 6.45) is 0. The van der Waals surface area contributed by atoms with E-state index in [1.807, 2.05) is 49.3 Å². The van der Waals surface area contributed by atoms with Gasteiger partial charge < -0.3 is 4.90 Å². The van der Waals surface area contributed by atoms with Gasteiger partial charge in [-0.3, -0.25) is 0 Å². The second-order valence-corrected chi connectivity index (χ2v) is 3.98. The second kappa shape index (κ2) is 3.80. The Morgan fingerprint density at radius 3 is 2.50 bits per heavy atom. The average molecular weight is 203 g/mol. The van der Waals surface area contributed by atoms with Crippen LogP contribution in [-0.4, -0.2) is 19.1 Å². The Labute approximate surface area is 87.8 Å². The van der Waals surface area contributed by atoms with Crippen LogP contribution in [0.4, 0.5) is 5.13 Å². The van der Waals surface area contributed by atoms with Crippen LogP contribution in [0.15, 0.2) is 30.3 Å². The first-order valence-electron chi connectivity index (χ1n) is 4.38. The molecule has 1 heterocycles. The summed E-state index contributed by atoms with van der Waals surface area (Å²) in [7, 11) is 3.98. The molecule has 2 nitrogen and oxygen atoms in total. The van der Waals surface area contributed by atoms with E-state index in [1.165, 1.54) is 0 Å². The molecule has 14 heavy (non-hydrogen) atoms. The first-order valence-corrected chi connectivity index (χ1v) is 5.20. The summed E-state index contributed by atoms with van der Waals surface area (Å²) in [5.41, 5.74) is 2.05. The van der Waals surface area contributed by atoms with Gasteiger partial charge >= 0.3 is 0 Å². The molecule has 0 saturated carbocycles. The van der Waals surface area contributed by atoms with E-state index in [0.29, 0.717) is 0 Å². The molecule has 3 heteroatoms. The SMILES string of the molecule is CN(C)c1nc(-c2ccccc2)[c]s1. The van der Waals surface area contributed by atoms with Gasteiger partial charge in [0.25, 0.3) is 0 Å². The van der Waals surface area contributed by atoms with Crippen molar-refractivity contribution in [3.05, 3.63) is 35.7 Å². The van der Waals surface area contributed by atoms with E-state index in [2.05, 4.69) is 10.4 Å². The maximum Gasteiger partial charge on any atom is 0.185 e. The number of rotatable bonds is 2. The number of anilines is 1. The third-order valence-electron chi connectivity index (χ3n) is 1.88. The highest BCUT2D eigenvalue weighted by molar-refractivity contribution is 7.13. The fraction of sp³-hybridized carbons (Fsp3) is 0.182. The van der Waals surface area contributed by atoms with Gasteiger partial charge in [-0.1, -0.05) is 41.7 Å². The summed E-state index contributed by atoms with van der Waals surface area (Å²) >= 11 is 1.54. The minimum absolute atomic E-state index is 0.930. The molecule has 2 rings (SSSR count). The number of aromatic nitrogens is 1. The zero-order valence-electron chi connectivity index (χ0n) is 8.19. The van der Waals surface area contributed by atoms with Gasteiger partial charge in [-0.15, -0.1) is 0 Å². The van der Waals surface area contributed by atoms with Crippen molar-refractivity contribution < 1.29 is 0 Å². The van der Waals surface area contributed by atoms with Gasteiger partial charge in [0.15, 0.2) is 5.13 Å². The number of hydrogen-bond acceptors (Lipinski definition) is 3. The highest BCUT2D eigenvalue weighted by atomic mass is 32.1. The van der Waals surface area contributed by atoms with E-state index >= 15 is 0 Å². The van der Waals surface area contributed by atoms with Crippen LogP contribution in [0.5, 0.6) is 0 Å². The van der Waals surface area contributed by atoms with Gasteiger partial charge in [0, 0.05) is 19.7 Å². The van der Waals surface area contributed by atoms with E-state index in [-0.39, 0.29) is 0 Å². The topological polar surface area (TPSA) is 16.1 Å². The average Bonchev–Trinajstić information content (AvgIpc) is 2.68. The summed E-state index contributed by atoms with van der Waals surface area (Å²) in [5.74, 6) is 0. The van der Waals surface area contributed by atoms with Crippen LogP contribution in [0, 0.1) is 5.38 Å². The van der Waals surface area contributed by atoms with Crippen molar-refractivity contribution in [1.82, 2.24) is 4.98 Å². The van der Waals surface area contributed by atoms with Crippen LogP contribution in [0.3, 0.4) is 0 Å². The van der Waals surface area contributed by atoms with Gasteiger partial charge in [-0.2, -0.15) is 0 Å². The molecule has 0 saturated heterocycles. The third kappa shape index (κ3) is 1.77. The molecule has 0 aliphatic rings. The van der Waals surface area contributed by atoms with Crippen molar-refractivity contribution in [2.45, 2.75) is 0 Å². The Kier molecular flexibility index (Phi) is 2.50. The van der Waals surface area contributed by atoms with Crippen molar-refractivity contribution >= 4 is 16.5 Å². The highest BCUT2D eigenvalue weighted by Gasteiger charge is 2.05. The molecular weight excluding hydrogens is 192 g/mol. The summed E-state index contributed by atoms with van der Waals surface area (Å²) in [5, 5.41) is 4.18. The molecule has 0 aliphatic carbocycles. The van der Waals surface area contributed by atoms with Crippen molar-refractivity contribution in [2.75, 3.05) is 19.0 Å². The number of nitrogens with zero attached hydrogens (tertiary/aromatic N) is 2. The Morgan fingerprint density at radius 2 is 1.93 bits per heavy atom. The Balaban J connectivity index is 2.34.